The van der Waals surface area contributed by atoms with Crippen molar-refractivity contribution < 1.29 is 58.8 Å². The van der Waals surface area contributed by atoms with Gasteiger partial charge in [-0.15, -0.1) is 0 Å². The molecule has 1 aliphatic heterocycles. The second kappa shape index (κ2) is 9.54. The van der Waals surface area contributed by atoms with Gasteiger partial charge in [-0.2, -0.15) is 0 Å². The lowest BCUT2D eigenvalue weighted by Gasteiger charge is -2.38. The van der Waals surface area contributed by atoms with Gasteiger partial charge in [0.15, 0.2) is 23.4 Å². The van der Waals surface area contributed by atoms with Crippen molar-refractivity contribution in [2.24, 2.45) is 0 Å². The Hall–Kier alpha value is -4.04. The van der Waals surface area contributed by atoms with Gasteiger partial charge in [-0.05, 0) is 18.2 Å². The normalized spacial score (nSPS) is 23.9. The number of carbonyl (C=O) groups is 1. The van der Waals surface area contributed by atoms with E-state index in [0.717, 1.165) is 6.07 Å². The minimum absolute atomic E-state index is 0.00752. The summed E-state index contributed by atoms with van der Waals surface area (Å²) >= 11 is 0. The van der Waals surface area contributed by atoms with Crippen LogP contribution in [0.5, 0.6) is 28.7 Å². The molecule has 1 aliphatic rings. The monoisotopic (exact) mass is 506 g/mol. The highest BCUT2D eigenvalue weighted by Gasteiger charge is 2.48. The maximum Gasteiger partial charge on any atom is 0.335 e. The molecule has 0 aliphatic carbocycles. The largest absolute Gasteiger partial charge is 0.507 e. The Bertz CT molecular complexity index is 1360. The van der Waals surface area contributed by atoms with E-state index in [1.54, 1.807) is 0 Å². The van der Waals surface area contributed by atoms with Crippen molar-refractivity contribution in [2.75, 3.05) is 14.2 Å². The summed E-state index contributed by atoms with van der Waals surface area (Å²) in [7, 11) is 2.63. The molecule has 0 radical (unpaired) electrons. The average Bonchev–Trinajstić information content (AvgIpc) is 2.85. The zero-order chi connectivity index (χ0) is 26.3. The molecule has 0 bridgehead atoms. The molecule has 6 N–H and O–H groups in total. The number of carboxylic acid groups (broad SMARTS) is 1. The van der Waals surface area contributed by atoms with E-state index >= 15 is 0 Å². The smallest absolute Gasteiger partial charge is 0.335 e. The van der Waals surface area contributed by atoms with Gasteiger partial charge in [-0.3, -0.25) is 4.79 Å². The van der Waals surface area contributed by atoms with Crippen LogP contribution >= 0.6 is 0 Å². The number of aliphatic hydroxyl groups is 3. The molecule has 0 spiro atoms. The standard InChI is InChI=1S/C23H22O13/c1-32-9-6-11(25)14-13(7-9)34-19(8-3-4-10(24)12(5-8)33-2)20(15(14)26)35-23-18(29)16(27)17(28)21(36-23)22(30)31/h3-7,16-18,21,23-25,27-29H,1-2H3,(H,30,31)/t16-,17-,18+,21-,23+/m0/s1. The molecule has 0 amide bonds. The number of rotatable bonds is 6. The summed E-state index contributed by atoms with van der Waals surface area (Å²) in [6.45, 7) is 0. The van der Waals surface area contributed by atoms with Crippen LogP contribution in [0.1, 0.15) is 0 Å². The fraction of sp³-hybridized carbons (Fsp3) is 0.304. The van der Waals surface area contributed by atoms with Crippen LogP contribution in [-0.2, 0) is 9.53 Å². The predicted molar refractivity (Wildman–Crippen MR) is 119 cm³/mol. The number of benzene rings is 2. The van der Waals surface area contributed by atoms with Crippen molar-refractivity contribution >= 4 is 16.9 Å². The van der Waals surface area contributed by atoms with E-state index in [9.17, 15) is 40.2 Å². The van der Waals surface area contributed by atoms with Crippen LogP contribution in [0.2, 0.25) is 0 Å². The number of phenols is 2. The fourth-order valence-corrected chi connectivity index (χ4v) is 3.76. The van der Waals surface area contributed by atoms with Gasteiger partial charge in [0.25, 0.3) is 0 Å². The highest BCUT2D eigenvalue weighted by molar-refractivity contribution is 5.88. The number of ether oxygens (including phenoxy) is 4. The Morgan fingerprint density at radius 3 is 2.31 bits per heavy atom. The molecule has 4 rings (SSSR count). The number of methoxy groups -OCH3 is 2. The Kier molecular flexibility index (Phi) is 6.65. The lowest BCUT2D eigenvalue weighted by atomic mass is 9.99. The summed E-state index contributed by atoms with van der Waals surface area (Å²) in [4.78, 5) is 24.9. The summed E-state index contributed by atoms with van der Waals surface area (Å²) in [5.74, 6) is -3.14. The molecule has 1 fully saturated rings. The first-order valence-electron chi connectivity index (χ1n) is 10.4. The first kappa shape index (κ1) is 25.1. The summed E-state index contributed by atoms with van der Waals surface area (Å²) in [6, 6.07) is 6.39. The van der Waals surface area contributed by atoms with Crippen molar-refractivity contribution in [2.45, 2.75) is 30.7 Å². The molecule has 192 valence electrons. The van der Waals surface area contributed by atoms with Crippen LogP contribution in [0.15, 0.2) is 39.5 Å². The Morgan fingerprint density at radius 2 is 1.67 bits per heavy atom. The Labute approximate surface area is 201 Å². The third kappa shape index (κ3) is 4.24. The van der Waals surface area contributed by atoms with Crippen molar-refractivity contribution in [3.05, 3.63) is 40.6 Å². The topological polar surface area (TPSA) is 206 Å². The molecule has 1 saturated heterocycles. The lowest BCUT2D eigenvalue weighted by Crippen LogP contribution is -2.61. The summed E-state index contributed by atoms with van der Waals surface area (Å²) in [5.41, 5.74) is -0.918. The van der Waals surface area contributed by atoms with Crippen molar-refractivity contribution in [3.8, 4) is 40.1 Å². The molecule has 1 aromatic heterocycles. The molecule has 2 heterocycles. The highest BCUT2D eigenvalue weighted by atomic mass is 16.7. The second-order valence-electron chi connectivity index (χ2n) is 7.85. The zero-order valence-electron chi connectivity index (χ0n) is 18.8. The zero-order valence-corrected chi connectivity index (χ0v) is 18.8. The molecule has 13 nitrogen and oxygen atoms in total. The fourth-order valence-electron chi connectivity index (χ4n) is 3.76. The SMILES string of the molecule is COc1cc(O)c2c(=O)c(O[C@@H]3O[C@H](C(=O)O)[C@@H](O)[C@H](O)[C@H]3O)c(-c3ccc(O)c(OC)c3)oc2c1. The Morgan fingerprint density at radius 1 is 0.944 bits per heavy atom. The van der Waals surface area contributed by atoms with Gasteiger partial charge in [0.1, 0.15) is 40.8 Å². The van der Waals surface area contributed by atoms with Crippen LogP contribution < -0.4 is 19.6 Å². The third-order valence-corrected chi connectivity index (χ3v) is 5.63. The van der Waals surface area contributed by atoms with Gasteiger partial charge < -0.3 is 54.0 Å². The maximum atomic E-state index is 13.5. The molecule has 3 aromatic rings. The van der Waals surface area contributed by atoms with E-state index in [1.165, 1.54) is 38.5 Å². The van der Waals surface area contributed by atoms with Gasteiger partial charge in [0.05, 0.1) is 14.2 Å². The van der Waals surface area contributed by atoms with Gasteiger partial charge in [0, 0.05) is 17.7 Å². The summed E-state index contributed by atoms with van der Waals surface area (Å²) in [6.07, 6.45) is -9.88. The van der Waals surface area contributed by atoms with Crippen LogP contribution in [-0.4, -0.2) is 81.5 Å². The molecule has 0 saturated carbocycles. The van der Waals surface area contributed by atoms with Crippen LogP contribution in [0.25, 0.3) is 22.3 Å². The number of carboxylic acids is 1. The van der Waals surface area contributed by atoms with E-state index in [4.69, 9.17) is 23.4 Å². The number of aromatic hydroxyl groups is 2. The van der Waals surface area contributed by atoms with Crippen molar-refractivity contribution in [1.82, 2.24) is 0 Å². The number of phenolic OH excluding ortho intramolecular Hbond substituents is 2. The Balaban J connectivity index is 1.93. The predicted octanol–water partition coefficient (Wildman–Crippen LogP) is 0.159. The van der Waals surface area contributed by atoms with Crippen LogP contribution in [0, 0.1) is 0 Å². The lowest BCUT2D eigenvalue weighted by molar-refractivity contribution is -0.271. The quantitative estimate of drug-likeness (QED) is 0.264. The van der Waals surface area contributed by atoms with Crippen LogP contribution in [0.3, 0.4) is 0 Å². The first-order valence-corrected chi connectivity index (χ1v) is 10.4. The van der Waals surface area contributed by atoms with E-state index < -0.39 is 53.6 Å². The molecule has 5 atom stereocenters. The maximum absolute atomic E-state index is 13.5. The highest BCUT2D eigenvalue weighted by Crippen LogP contribution is 2.39. The number of hydrogen-bond acceptors (Lipinski definition) is 12. The van der Waals surface area contributed by atoms with Crippen LogP contribution in [0.4, 0.5) is 0 Å². The van der Waals surface area contributed by atoms with Gasteiger partial charge in [-0.25, -0.2) is 4.79 Å². The molecular weight excluding hydrogens is 484 g/mol. The summed E-state index contributed by atoms with van der Waals surface area (Å²) < 4.78 is 26.7. The molecular formula is C23H22O13. The van der Waals surface area contributed by atoms with E-state index in [2.05, 4.69) is 0 Å². The van der Waals surface area contributed by atoms with Crippen molar-refractivity contribution in [3.63, 3.8) is 0 Å². The number of aliphatic hydroxyl groups excluding tert-OH is 3. The molecule has 13 heteroatoms. The molecule has 2 aromatic carbocycles. The molecule has 0 unspecified atom stereocenters. The second-order valence-corrected chi connectivity index (χ2v) is 7.85. The molecule has 36 heavy (non-hydrogen) atoms. The number of fused-ring (bicyclic) bond motifs is 1. The van der Waals surface area contributed by atoms with Crippen molar-refractivity contribution in [1.29, 1.82) is 0 Å². The van der Waals surface area contributed by atoms with E-state index in [-0.39, 0.29) is 39.5 Å². The minimum Gasteiger partial charge on any atom is -0.507 e. The third-order valence-electron chi connectivity index (χ3n) is 5.63. The van der Waals surface area contributed by atoms with E-state index in [1.807, 2.05) is 0 Å². The van der Waals surface area contributed by atoms with Gasteiger partial charge in [0.2, 0.25) is 17.5 Å². The number of hydrogen-bond donors (Lipinski definition) is 6. The van der Waals surface area contributed by atoms with Gasteiger partial charge in [-0.1, -0.05) is 0 Å². The summed E-state index contributed by atoms with van der Waals surface area (Å²) in [5, 5.41) is 59.8. The van der Waals surface area contributed by atoms with E-state index in [0.29, 0.717) is 0 Å². The minimum atomic E-state index is -1.99. The number of aliphatic carboxylic acids is 1. The van der Waals surface area contributed by atoms with Gasteiger partial charge >= 0.3 is 5.97 Å². The average molecular weight is 506 g/mol. The first-order chi connectivity index (χ1) is 17.1.